The molecule has 0 amide bonds. The molecule has 0 saturated heterocycles. The monoisotopic (exact) mass is 218 g/mol. The molecule has 1 unspecified atom stereocenters. The van der Waals surface area contributed by atoms with Crippen LogP contribution >= 0.6 is 0 Å². The van der Waals surface area contributed by atoms with Gasteiger partial charge in [-0.25, -0.2) is 0 Å². The first-order chi connectivity index (χ1) is 7.63. The predicted octanol–water partition coefficient (Wildman–Crippen LogP) is 2.24. The van der Waals surface area contributed by atoms with Gasteiger partial charge in [-0.3, -0.25) is 9.48 Å². The first-order valence-corrected chi connectivity index (χ1v) is 5.31. The van der Waals surface area contributed by atoms with Gasteiger partial charge in [0.2, 0.25) is 0 Å². The van der Waals surface area contributed by atoms with E-state index in [1.807, 2.05) is 29.8 Å². The minimum atomic E-state index is -0.804. The maximum atomic E-state index is 10.9. The number of hydrogen-bond acceptors (Lipinski definition) is 2. The number of carbonyl (C=O) groups is 1. The average Bonchev–Trinajstić information content (AvgIpc) is 2.69. The summed E-state index contributed by atoms with van der Waals surface area (Å²) in [6.07, 6.45) is 1.80. The topological polar surface area (TPSA) is 55.1 Å². The number of nitrogens with zero attached hydrogens (tertiary/aromatic N) is 2. The number of aromatic nitrogens is 2. The lowest BCUT2D eigenvalue weighted by atomic mass is 10.0. The lowest BCUT2D eigenvalue weighted by molar-refractivity contribution is -0.138. The van der Waals surface area contributed by atoms with Crippen LogP contribution in [0.3, 0.4) is 0 Å². The molecule has 0 fully saturated rings. The highest BCUT2D eigenvalue weighted by Gasteiger charge is 2.14. The number of carboxylic acids is 1. The molecule has 1 N–H and O–H groups in total. The van der Waals surface area contributed by atoms with Gasteiger partial charge in [0, 0.05) is 11.9 Å². The first kappa shape index (κ1) is 10.7. The van der Waals surface area contributed by atoms with E-state index in [0.29, 0.717) is 0 Å². The molecule has 0 aliphatic carbocycles. The van der Waals surface area contributed by atoms with Crippen LogP contribution in [0.2, 0.25) is 0 Å². The van der Waals surface area contributed by atoms with E-state index in [-0.39, 0.29) is 0 Å². The molecule has 0 radical (unpaired) electrons. The highest BCUT2D eigenvalue weighted by atomic mass is 16.4. The molecule has 1 aromatic heterocycles. The number of rotatable bonds is 3. The Balaban J connectivity index is 2.53. The van der Waals surface area contributed by atoms with Crippen molar-refractivity contribution in [2.45, 2.75) is 26.3 Å². The summed E-state index contributed by atoms with van der Waals surface area (Å²) in [7, 11) is 0. The van der Waals surface area contributed by atoms with Crippen molar-refractivity contribution in [1.82, 2.24) is 9.78 Å². The molecule has 0 bridgehead atoms. The average molecular weight is 218 g/mol. The van der Waals surface area contributed by atoms with E-state index in [0.717, 1.165) is 23.0 Å². The van der Waals surface area contributed by atoms with E-state index in [9.17, 15) is 4.79 Å². The van der Waals surface area contributed by atoms with E-state index in [2.05, 4.69) is 5.10 Å². The Hall–Kier alpha value is -1.84. The molecule has 84 valence electrons. The van der Waals surface area contributed by atoms with Gasteiger partial charge < -0.3 is 5.11 Å². The lowest BCUT2D eigenvalue weighted by Gasteiger charge is -2.07. The minimum absolute atomic E-state index is 0.482. The molecule has 1 aromatic carbocycles. The largest absolute Gasteiger partial charge is 0.481 e. The third-order valence-corrected chi connectivity index (χ3v) is 2.84. The fraction of sp³-hybridized carbons (Fsp3) is 0.333. The maximum Gasteiger partial charge on any atom is 0.310 e. The summed E-state index contributed by atoms with van der Waals surface area (Å²) in [4.78, 5) is 10.9. The van der Waals surface area contributed by atoms with Crippen molar-refractivity contribution in [3.8, 4) is 0 Å². The molecule has 2 rings (SSSR count). The van der Waals surface area contributed by atoms with Crippen LogP contribution in [0.15, 0.2) is 24.4 Å². The summed E-state index contributed by atoms with van der Waals surface area (Å²) in [5, 5.41) is 14.2. The van der Waals surface area contributed by atoms with Crippen LogP contribution in [-0.4, -0.2) is 20.9 Å². The summed E-state index contributed by atoms with van der Waals surface area (Å²) in [5.74, 6) is -1.29. The molecule has 0 aliphatic rings. The van der Waals surface area contributed by atoms with Crippen molar-refractivity contribution in [3.63, 3.8) is 0 Å². The molecule has 4 heteroatoms. The Morgan fingerprint density at radius 3 is 2.94 bits per heavy atom. The summed E-state index contributed by atoms with van der Waals surface area (Å²) in [5.41, 5.74) is 1.81. The summed E-state index contributed by atoms with van der Waals surface area (Å²) >= 11 is 0. The Kier molecular flexibility index (Phi) is 2.64. The van der Waals surface area contributed by atoms with Gasteiger partial charge in [-0.1, -0.05) is 12.1 Å². The molecule has 1 heterocycles. The Bertz CT molecular complexity index is 531. The second kappa shape index (κ2) is 3.96. The van der Waals surface area contributed by atoms with E-state index < -0.39 is 11.9 Å². The summed E-state index contributed by atoms with van der Waals surface area (Å²) in [6, 6.07) is 5.68. The van der Waals surface area contributed by atoms with Crippen LogP contribution in [0, 0.1) is 0 Å². The molecule has 0 aliphatic heterocycles. The Morgan fingerprint density at radius 1 is 1.56 bits per heavy atom. The van der Waals surface area contributed by atoms with Gasteiger partial charge in [-0.15, -0.1) is 0 Å². The van der Waals surface area contributed by atoms with Gasteiger partial charge >= 0.3 is 5.97 Å². The number of hydrogen-bond donors (Lipinski definition) is 1. The Labute approximate surface area is 93.5 Å². The first-order valence-electron chi connectivity index (χ1n) is 5.31. The number of benzene rings is 1. The molecular weight excluding hydrogens is 204 g/mol. The molecule has 0 spiro atoms. The zero-order valence-electron chi connectivity index (χ0n) is 9.34. The number of aliphatic carboxylic acids is 1. The van der Waals surface area contributed by atoms with Gasteiger partial charge in [0.15, 0.2) is 0 Å². The quantitative estimate of drug-likeness (QED) is 0.859. The van der Waals surface area contributed by atoms with Crippen molar-refractivity contribution in [3.05, 3.63) is 30.0 Å². The summed E-state index contributed by atoms with van der Waals surface area (Å²) in [6.45, 7) is 4.49. The fourth-order valence-corrected chi connectivity index (χ4v) is 1.75. The maximum absolute atomic E-state index is 10.9. The van der Waals surface area contributed by atoms with Gasteiger partial charge in [0.25, 0.3) is 0 Å². The molecular formula is C12H14N2O2. The second-order valence-corrected chi connectivity index (χ2v) is 3.84. The zero-order valence-corrected chi connectivity index (χ0v) is 9.34. The lowest BCUT2D eigenvalue weighted by Crippen LogP contribution is -2.07. The van der Waals surface area contributed by atoms with Crippen molar-refractivity contribution >= 4 is 16.9 Å². The van der Waals surface area contributed by atoms with Gasteiger partial charge in [-0.05, 0) is 25.5 Å². The molecule has 2 aromatic rings. The predicted molar refractivity (Wildman–Crippen MR) is 61.5 cm³/mol. The van der Waals surface area contributed by atoms with E-state index >= 15 is 0 Å². The van der Waals surface area contributed by atoms with Crippen LogP contribution in [0.1, 0.15) is 25.3 Å². The van der Waals surface area contributed by atoms with Crippen molar-refractivity contribution in [2.75, 3.05) is 0 Å². The van der Waals surface area contributed by atoms with E-state index in [1.165, 1.54) is 0 Å². The van der Waals surface area contributed by atoms with Crippen LogP contribution < -0.4 is 0 Å². The Morgan fingerprint density at radius 2 is 2.31 bits per heavy atom. The SMILES string of the molecule is CCn1ncc2ccc(C(C)C(=O)O)cc21. The third-order valence-electron chi connectivity index (χ3n) is 2.84. The molecule has 16 heavy (non-hydrogen) atoms. The fourth-order valence-electron chi connectivity index (χ4n) is 1.75. The van der Waals surface area contributed by atoms with Gasteiger partial charge in [-0.2, -0.15) is 5.10 Å². The number of carboxylic acid groups (broad SMARTS) is 1. The highest BCUT2D eigenvalue weighted by Crippen LogP contribution is 2.21. The normalized spacial score (nSPS) is 12.9. The van der Waals surface area contributed by atoms with Crippen LogP contribution in [0.5, 0.6) is 0 Å². The van der Waals surface area contributed by atoms with Crippen molar-refractivity contribution in [1.29, 1.82) is 0 Å². The number of fused-ring (bicyclic) bond motifs is 1. The van der Waals surface area contributed by atoms with E-state index in [1.54, 1.807) is 13.1 Å². The van der Waals surface area contributed by atoms with Crippen LogP contribution in [0.4, 0.5) is 0 Å². The second-order valence-electron chi connectivity index (χ2n) is 3.84. The molecule has 1 atom stereocenters. The third kappa shape index (κ3) is 1.66. The summed E-state index contributed by atoms with van der Waals surface area (Å²) < 4.78 is 1.87. The van der Waals surface area contributed by atoms with Crippen LogP contribution in [0.25, 0.3) is 10.9 Å². The van der Waals surface area contributed by atoms with Crippen LogP contribution in [-0.2, 0) is 11.3 Å². The van der Waals surface area contributed by atoms with E-state index in [4.69, 9.17) is 5.11 Å². The van der Waals surface area contributed by atoms with Crippen molar-refractivity contribution < 1.29 is 9.90 Å². The molecule has 4 nitrogen and oxygen atoms in total. The minimum Gasteiger partial charge on any atom is -0.481 e. The zero-order chi connectivity index (χ0) is 11.7. The van der Waals surface area contributed by atoms with Gasteiger partial charge in [0.05, 0.1) is 17.6 Å². The smallest absolute Gasteiger partial charge is 0.310 e. The standard InChI is InChI=1S/C12H14N2O2/c1-3-14-11-6-9(8(2)12(15)16)4-5-10(11)7-13-14/h4-8H,3H2,1-2H3,(H,15,16). The number of aryl methyl sites for hydroxylation is 1. The van der Waals surface area contributed by atoms with Gasteiger partial charge in [0.1, 0.15) is 0 Å². The molecule has 0 saturated carbocycles. The highest BCUT2D eigenvalue weighted by molar-refractivity contribution is 5.82. The van der Waals surface area contributed by atoms with Crippen molar-refractivity contribution in [2.24, 2.45) is 0 Å².